The minimum atomic E-state index is -2.76. The number of aromatic nitrogens is 1. The van der Waals surface area contributed by atoms with Crippen molar-refractivity contribution in [1.82, 2.24) is 4.98 Å². The maximum Gasteiger partial charge on any atom is 0.270 e. The SMILES string of the molecule is NCc1c[nH]c(=O)c(C(F)F)c1I. The molecule has 3 nitrogen and oxygen atoms in total. The van der Waals surface area contributed by atoms with Gasteiger partial charge in [-0.15, -0.1) is 0 Å². The second kappa shape index (κ2) is 4.14. The van der Waals surface area contributed by atoms with Gasteiger partial charge in [0.05, 0.1) is 5.56 Å². The smallest absolute Gasteiger partial charge is 0.270 e. The van der Waals surface area contributed by atoms with Crippen LogP contribution in [0.1, 0.15) is 17.6 Å². The number of pyridine rings is 1. The Morgan fingerprint density at radius 3 is 2.69 bits per heavy atom. The summed E-state index contributed by atoms with van der Waals surface area (Å²) in [5.41, 5.74) is 4.57. The van der Waals surface area contributed by atoms with Gasteiger partial charge in [0.15, 0.2) is 0 Å². The number of rotatable bonds is 2. The van der Waals surface area contributed by atoms with E-state index in [1.165, 1.54) is 6.20 Å². The highest BCUT2D eigenvalue weighted by molar-refractivity contribution is 14.1. The van der Waals surface area contributed by atoms with Crippen molar-refractivity contribution < 1.29 is 8.78 Å². The fourth-order valence-electron chi connectivity index (χ4n) is 0.910. The van der Waals surface area contributed by atoms with E-state index < -0.39 is 17.5 Å². The highest BCUT2D eigenvalue weighted by Crippen LogP contribution is 2.22. The highest BCUT2D eigenvalue weighted by atomic mass is 127. The van der Waals surface area contributed by atoms with Crippen LogP contribution in [0.25, 0.3) is 0 Å². The van der Waals surface area contributed by atoms with E-state index in [9.17, 15) is 13.6 Å². The van der Waals surface area contributed by atoms with E-state index in [4.69, 9.17) is 5.73 Å². The number of H-pyrrole nitrogens is 1. The predicted molar refractivity (Wildman–Crippen MR) is 52.6 cm³/mol. The second-order valence-electron chi connectivity index (χ2n) is 2.38. The molecule has 13 heavy (non-hydrogen) atoms. The van der Waals surface area contributed by atoms with Crippen LogP contribution in [0, 0.1) is 3.57 Å². The summed E-state index contributed by atoms with van der Waals surface area (Å²) in [5.74, 6) is 0. The van der Waals surface area contributed by atoms with E-state index in [1.807, 2.05) is 0 Å². The average Bonchev–Trinajstić information content (AvgIpc) is 2.04. The minimum absolute atomic E-state index is 0.134. The van der Waals surface area contributed by atoms with E-state index in [1.54, 1.807) is 22.6 Å². The summed E-state index contributed by atoms with van der Waals surface area (Å²) in [7, 11) is 0. The van der Waals surface area contributed by atoms with Crippen molar-refractivity contribution >= 4 is 22.6 Å². The summed E-state index contributed by atoms with van der Waals surface area (Å²) in [6.07, 6.45) is -1.40. The Hall–Kier alpha value is -0.500. The first-order valence-corrected chi connectivity index (χ1v) is 4.54. The van der Waals surface area contributed by atoms with Gasteiger partial charge >= 0.3 is 0 Å². The molecule has 0 bridgehead atoms. The summed E-state index contributed by atoms with van der Waals surface area (Å²) in [6, 6.07) is 0. The lowest BCUT2D eigenvalue weighted by atomic mass is 10.2. The molecule has 1 aromatic heterocycles. The molecule has 3 N–H and O–H groups in total. The van der Waals surface area contributed by atoms with Crippen molar-refractivity contribution in [2.75, 3.05) is 0 Å². The lowest BCUT2D eigenvalue weighted by Gasteiger charge is -2.05. The van der Waals surface area contributed by atoms with Crippen LogP contribution in [0.2, 0.25) is 0 Å². The number of nitrogens with one attached hydrogen (secondary N) is 1. The van der Waals surface area contributed by atoms with Crippen LogP contribution in [0.3, 0.4) is 0 Å². The molecule has 0 aliphatic carbocycles. The molecular formula is C7H7F2IN2O. The van der Waals surface area contributed by atoms with Crippen molar-refractivity contribution in [3.05, 3.63) is 31.2 Å². The van der Waals surface area contributed by atoms with Gasteiger partial charge in [-0.05, 0) is 28.2 Å². The molecule has 0 saturated heterocycles. The molecule has 1 rings (SSSR count). The van der Waals surface area contributed by atoms with E-state index in [2.05, 4.69) is 4.98 Å². The van der Waals surface area contributed by atoms with Crippen molar-refractivity contribution in [3.8, 4) is 0 Å². The fourth-order valence-corrected chi connectivity index (χ4v) is 1.77. The van der Waals surface area contributed by atoms with Crippen LogP contribution in [-0.4, -0.2) is 4.98 Å². The zero-order chi connectivity index (χ0) is 10.0. The normalized spacial score (nSPS) is 10.8. The molecule has 1 heterocycles. The number of aromatic amines is 1. The zero-order valence-corrected chi connectivity index (χ0v) is 8.64. The first kappa shape index (κ1) is 10.6. The van der Waals surface area contributed by atoms with E-state index in [0.717, 1.165) is 0 Å². The van der Waals surface area contributed by atoms with Gasteiger partial charge in [-0.3, -0.25) is 4.79 Å². The van der Waals surface area contributed by atoms with Gasteiger partial charge < -0.3 is 10.7 Å². The molecular weight excluding hydrogens is 293 g/mol. The van der Waals surface area contributed by atoms with Crippen LogP contribution in [0.4, 0.5) is 8.78 Å². The third-order valence-corrected chi connectivity index (χ3v) is 2.85. The number of nitrogens with two attached hydrogens (primary N) is 1. The summed E-state index contributed by atoms with van der Waals surface area (Å²) in [5, 5.41) is 0. The molecule has 0 fully saturated rings. The van der Waals surface area contributed by atoms with Gasteiger partial charge in [0, 0.05) is 16.3 Å². The molecule has 0 aliphatic rings. The Kier molecular flexibility index (Phi) is 3.37. The van der Waals surface area contributed by atoms with Crippen LogP contribution in [0.5, 0.6) is 0 Å². The van der Waals surface area contributed by atoms with Crippen molar-refractivity contribution in [1.29, 1.82) is 0 Å². The average molecular weight is 300 g/mol. The summed E-state index contributed by atoms with van der Waals surface area (Å²) in [6.45, 7) is 0.134. The van der Waals surface area contributed by atoms with Crippen LogP contribution in [-0.2, 0) is 6.54 Å². The Balaban J connectivity index is 3.39. The van der Waals surface area contributed by atoms with Crippen molar-refractivity contribution in [2.24, 2.45) is 5.73 Å². The Labute approximate surface area is 86.5 Å². The molecule has 0 spiro atoms. The van der Waals surface area contributed by atoms with E-state index in [-0.39, 0.29) is 10.1 Å². The topological polar surface area (TPSA) is 58.9 Å². The number of halogens is 3. The maximum absolute atomic E-state index is 12.3. The largest absolute Gasteiger partial charge is 0.328 e. The number of hydrogen-bond acceptors (Lipinski definition) is 2. The van der Waals surface area contributed by atoms with Gasteiger partial charge in [0.1, 0.15) is 0 Å². The van der Waals surface area contributed by atoms with Crippen molar-refractivity contribution in [2.45, 2.75) is 13.0 Å². The maximum atomic E-state index is 12.3. The second-order valence-corrected chi connectivity index (χ2v) is 3.45. The lowest BCUT2D eigenvalue weighted by molar-refractivity contribution is 0.148. The molecule has 6 heteroatoms. The lowest BCUT2D eigenvalue weighted by Crippen LogP contribution is -2.17. The molecule has 0 saturated carbocycles. The molecule has 0 unspecified atom stereocenters. The summed E-state index contributed by atoms with van der Waals surface area (Å²) < 4.78 is 24.9. The third kappa shape index (κ3) is 2.05. The minimum Gasteiger partial charge on any atom is -0.328 e. The van der Waals surface area contributed by atoms with Crippen LogP contribution in [0.15, 0.2) is 11.0 Å². The standard InChI is InChI=1S/C7H7F2IN2O/c8-6(9)4-5(10)3(1-11)2-12-7(4)13/h2,6H,1,11H2,(H,12,13). The molecule has 72 valence electrons. The molecule has 0 atom stereocenters. The first-order valence-electron chi connectivity index (χ1n) is 3.46. The van der Waals surface area contributed by atoms with E-state index >= 15 is 0 Å². The predicted octanol–water partition coefficient (Wildman–Crippen LogP) is 1.38. The molecule has 0 amide bonds. The van der Waals surface area contributed by atoms with Gasteiger partial charge in [-0.25, -0.2) is 8.78 Å². The summed E-state index contributed by atoms with van der Waals surface area (Å²) in [4.78, 5) is 13.2. The number of alkyl halides is 2. The fraction of sp³-hybridized carbons (Fsp3) is 0.286. The van der Waals surface area contributed by atoms with Gasteiger partial charge in [0.2, 0.25) is 0 Å². The van der Waals surface area contributed by atoms with Gasteiger partial charge in [-0.1, -0.05) is 0 Å². The van der Waals surface area contributed by atoms with Gasteiger partial charge in [-0.2, -0.15) is 0 Å². The zero-order valence-electron chi connectivity index (χ0n) is 6.48. The van der Waals surface area contributed by atoms with Gasteiger partial charge in [0.25, 0.3) is 12.0 Å². The molecule has 0 aromatic carbocycles. The van der Waals surface area contributed by atoms with Crippen LogP contribution >= 0.6 is 22.6 Å². The quantitative estimate of drug-likeness (QED) is 0.811. The third-order valence-electron chi connectivity index (χ3n) is 1.58. The Morgan fingerprint density at radius 1 is 1.62 bits per heavy atom. The molecule has 0 radical (unpaired) electrons. The van der Waals surface area contributed by atoms with E-state index in [0.29, 0.717) is 5.56 Å². The highest BCUT2D eigenvalue weighted by Gasteiger charge is 2.18. The summed E-state index contributed by atoms with van der Waals surface area (Å²) >= 11 is 1.70. The van der Waals surface area contributed by atoms with Crippen molar-refractivity contribution in [3.63, 3.8) is 0 Å². The first-order chi connectivity index (χ1) is 6.07. The number of hydrogen-bond donors (Lipinski definition) is 2. The van der Waals surface area contributed by atoms with Crippen LogP contribution < -0.4 is 11.3 Å². The monoisotopic (exact) mass is 300 g/mol. The Morgan fingerprint density at radius 2 is 2.23 bits per heavy atom. The Bertz CT molecular complexity index is 364. The molecule has 1 aromatic rings. The molecule has 0 aliphatic heterocycles.